The molecule has 0 heterocycles. The summed E-state index contributed by atoms with van der Waals surface area (Å²) in [5, 5.41) is 1.04. The van der Waals surface area contributed by atoms with Crippen molar-refractivity contribution in [2.24, 2.45) is 0 Å². The van der Waals surface area contributed by atoms with Gasteiger partial charge in [0, 0.05) is 0 Å². The summed E-state index contributed by atoms with van der Waals surface area (Å²) in [6.07, 6.45) is 17.2. The first-order valence-corrected chi connectivity index (χ1v) is 22.1. The van der Waals surface area contributed by atoms with Crippen LogP contribution in [0, 0.1) is 0 Å². The molecule has 0 saturated carbocycles. The minimum atomic E-state index is -3.00. The zero-order valence-corrected chi connectivity index (χ0v) is 29.6. The monoisotopic (exact) mass is 728 g/mol. The second kappa shape index (κ2) is 20.5. The van der Waals surface area contributed by atoms with Gasteiger partial charge in [0.15, 0.2) is 0 Å². The third kappa shape index (κ3) is 11.3. The Morgan fingerprint density at radius 2 is 1.15 bits per heavy atom. The van der Waals surface area contributed by atoms with Crippen molar-refractivity contribution in [1.82, 2.24) is 0 Å². The second-order valence-corrected chi connectivity index (χ2v) is 20.2. The molecule has 3 rings (SSSR count). The van der Waals surface area contributed by atoms with E-state index < -0.39 is 13.3 Å². The predicted octanol–water partition coefficient (Wildman–Crippen LogP) is 8.82. The van der Waals surface area contributed by atoms with Gasteiger partial charge in [0.2, 0.25) is 0 Å². The van der Waals surface area contributed by atoms with Gasteiger partial charge in [-0.1, -0.05) is 6.92 Å². The molecule has 41 heavy (non-hydrogen) atoms. The number of halogens is 1. The average molecular weight is 727 g/mol. The summed E-state index contributed by atoms with van der Waals surface area (Å²) in [7, 11) is 0. The van der Waals surface area contributed by atoms with E-state index in [9.17, 15) is 0 Å². The fraction of sp³-hybridized carbons (Fsp3) is 0.459. The number of hydrogen-bond donors (Lipinski definition) is 0. The first-order valence-electron chi connectivity index (χ1n) is 15.9. The Bertz CT molecular complexity index is 977. The molecule has 0 fully saturated rings. The molecule has 0 spiro atoms. The molecule has 2 nitrogen and oxygen atoms in total. The van der Waals surface area contributed by atoms with Crippen LogP contribution >= 0.6 is 22.6 Å². The Morgan fingerprint density at radius 3 is 1.63 bits per heavy atom. The first-order chi connectivity index (χ1) is 20.2. The van der Waals surface area contributed by atoms with Crippen molar-refractivity contribution in [3.8, 4) is 0 Å². The topological polar surface area (TPSA) is 18.5 Å². The normalized spacial score (nSPS) is 13.4. The first kappa shape index (κ1) is 34.1. The molecule has 0 aliphatic carbocycles. The van der Waals surface area contributed by atoms with Gasteiger partial charge in [-0.15, -0.1) is 0 Å². The van der Waals surface area contributed by atoms with Crippen molar-refractivity contribution in [3.63, 3.8) is 0 Å². The molecule has 2 unspecified atom stereocenters. The molecule has 0 aromatic heterocycles. The van der Waals surface area contributed by atoms with Gasteiger partial charge in [-0.05, 0) is 0 Å². The summed E-state index contributed by atoms with van der Waals surface area (Å²) in [6, 6.07) is 33.8. The van der Waals surface area contributed by atoms with E-state index in [4.69, 9.17) is 9.47 Å². The van der Waals surface area contributed by atoms with Gasteiger partial charge in [-0.2, -0.15) is 0 Å². The third-order valence-corrected chi connectivity index (χ3v) is 18.7. The van der Waals surface area contributed by atoms with E-state index in [0.717, 1.165) is 35.6 Å². The molecule has 0 bridgehead atoms. The molecule has 3 aromatic rings. The van der Waals surface area contributed by atoms with Gasteiger partial charge < -0.3 is 0 Å². The van der Waals surface area contributed by atoms with Crippen molar-refractivity contribution in [1.29, 1.82) is 0 Å². The van der Waals surface area contributed by atoms with E-state index in [-0.39, 0.29) is 12.4 Å². The number of alkyl halides is 1. The summed E-state index contributed by atoms with van der Waals surface area (Å²) in [5.41, 5.74) is 0. The molecule has 2 atom stereocenters. The summed E-state index contributed by atoms with van der Waals surface area (Å²) in [6.45, 7) is 5.26. The molecule has 0 radical (unpaired) electrons. The van der Waals surface area contributed by atoms with Gasteiger partial charge in [-0.3, -0.25) is 0 Å². The van der Waals surface area contributed by atoms with E-state index in [1.807, 2.05) is 0 Å². The SMILES string of the molecule is CCCCCCCCCC(/C=C\[CH2][Ge]([c]1ccccc1)([c]1ccccc1)[c]1ccccc1)OC(CI)OCCCC. The van der Waals surface area contributed by atoms with Crippen molar-refractivity contribution in [2.75, 3.05) is 11.0 Å². The van der Waals surface area contributed by atoms with Crippen LogP contribution in [0.4, 0.5) is 0 Å². The van der Waals surface area contributed by atoms with Gasteiger partial charge in [0.25, 0.3) is 0 Å². The fourth-order valence-corrected chi connectivity index (χ4v) is 15.5. The molecule has 0 aliphatic heterocycles. The molecule has 3 aromatic carbocycles. The minimum absolute atomic E-state index is 0.0782. The summed E-state index contributed by atoms with van der Waals surface area (Å²) >= 11 is -0.593. The van der Waals surface area contributed by atoms with Crippen LogP contribution in [0.2, 0.25) is 5.25 Å². The van der Waals surface area contributed by atoms with E-state index in [2.05, 4.69) is 140 Å². The summed E-state index contributed by atoms with van der Waals surface area (Å²) in [4.78, 5) is 0. The summed E-state index contributed by atoms with van der Waals surface area (Å²) in [5.74, 6) is 0. The second-order valence-electron chi connectivity index (χ2n) is 11.0. The van der Waals surface area contributed by atoms with Crippen LogP contribution in [0.3, 0.4) is 0 Å². The Labute approximate surface area is 266 Å². The maximum atomic E-state index is 6.63. The van der Waals surface area contributed by atoms with E-state index in [1.54, 1.807) is 0 Å². The quantitative estimate of drug-likeness (QED) is 0.0273. The molecule has 0 aliphatic rings. The average Bonchev–Trinajstić information content (AvgIpc) is 3.03. The number of rotatable bonds is 21. The molecule has 0 amide bonds. The predicted molar refractivity (Wildman–Crippen MR) is 189 cm³/mol. The van der Waals surface area contributed by atoms with Gasteiger partial charge in [0.05, 0.1) is 0 Å². The molecular formula is C37H51GeIO2. The maximum absolute atomic E-state index is 6.63. The Morgan fingerprint density at radius 1 is 0.659 bits per heavy atom. The third-order valence-electron chi connectivity index (χ3n) is 7.92. The van der Waals surface area contributed by atoms with Gasteiger partial charge in [0.1, 0.15) is 0 Å². The Kier molecular flexibility index (Phi) is 17.0. The number of unbranched alkanes of at least 4 members (excludes halogenated alkanes) is 7. The van der Waals surface area contributed by atoms with Crippen LogP contribution in [0.5, 0.6) is 0 Å². The zero-order chi connectivity index (χ0) is 29.0. The molecular weight excluding hydrogens is 676 g/mol. The molecule has 0 N–H and O–H groups in total. The van der Waals surface area contributed by atoms with Crippen LogP contribution in [0.1, 0.15) is 78.1 Å². The van der Waals surface area contributed by atoms with Crippen LogP contribution in [0.25, 0.3) is 0 Å². The zero-order valence-electron chi connectivity index (χ0n) is 25.4. The van der Waals surface area contributed by atoms with Crippen LogP contribution < -0.4 is 13.2 Å². The summed E-state index contributed by atoms with van der Waals surface area (Å²) < 4.78 is 18.1. The molecule has 0 saturated heterocycles. The van der Waals surface area contributed by atoms with Crippen LogP contribution in [0.15, 0.2) is 103 Å². The van der Waals surface area contributed by atoms with Crippen molar-refractivity contribution >= 4 is 49.0 Å². The van der Waals surface area contributed by atoms with Gasteiger partial charge in [-0.25, -0.2) is 0 Å². The number of benzene rings is 3. The van der Waals surface area contributed by atoms with E-state index in [0.29, 0.717) is 0 Å². The van der Waals surface area contributed by atoms with Gasteiger partial charge >= 0.3 is 261 Å². The van der Waals surface area contributed by atoms with Crippen LogP contribution in [-0.4, -0.2) is 36.7 Å². The molecule has 4 heteroatoms. The fourth-order valence-electron chi connectivity index (χ4n) is 5.60. The number of allylic oxidation sites excluding steroid dienone is 1. The van der Waals surface area contributed by atoms with Crippen molar-refractivity contribution in [2.45, 2.75) is 95.7 Å². The number of hydrogen-bond acceptors (Lipinski definition) is 2. The molecule has 222 valence electrons. The standard InChI is InChI=1S/C37H51GeIO2/c1-3-5-7-8-9-10-20-28-36(41-37(32-39)40-31-6-4-2)29-21-30-38(33-22-14-11-15-23-33,34-24-16-12-17-25-34)35-26-18-13-19-27-35/h11-19,21-27,29,36-37H,3-10,20,28,30-32H2,1-2H3/b29-21-. The van der Waals surface area contributed by atoms with Crippen molar-refractivity contribution in [3.05, 3.63) is 103 Å². The Hall–Kier alpha value is -1.41. The van der Waals surface area contributed by atoms with Crippen molar-refractivity contribution < 1.29 is 9.47 Å². The van der Waals surface area contributed by atoms with E-state index in [1.165, 1.54) is 58.1 Å². The van der Waals surface area contributed by atoms with Crippen LogP contribution in [-0.2, 0) is 9.47 Å². The van der Waals surface area contributed by atoms with E-state index >= 15 is 0 Å². The Balaban J connectivity index is 1.85. The number of ether oxygens (including phenoxy) is 2.